The molecule has 0 radical (unpaired) electrons. The first-order valence-corrected chi connectivity index (χ1v) is 15.0. The number of rotatable bonds is 6. The summed E-state index contributed by atoms with van der Waals surface area (Å²) in [6, 6.07) is 11.1. The van der Waals surface area contributed by atoms with Gasteiger partial charge in [-0.25, -0.2) is 13.4 Å². The van der Waals surface area contributed by atoms with Gasteiger partial charge in [0.15, 0.2) is 5.13 Å². The molecule has 0 spiro atoms. The number of pyridine rings is 1. The highest BCUT2D eigenvalue weighted by Crippen LogP contribution is 2.35. The van der Waals surface area contributed by atoms with Crippen LogP contribution in [-0.4, -0.2) is 41.7 Å². The zero-order valence-corrected chi connectivity index (χ0v) is 23.1. The van der Waals surface area contributed by atoms with Crippen molar-refractivity contribution in [3.05, 3.63) is 69.8 Å². The molecule has 11 heteroatoms. The van der Waals surface area contributed by atoms with Crippen molar-refractivity contribution in [1.82, 2.24) is 14.3 Å². The Morgan fingerprint density at radius 1 is 1.11 bits per heavy atom. The number of benzene rings is 1. The summed E-state index contributed by atoms with van der Waals surface area (Å²) in [4.78, 5) is 24.5. The quantitative estimate of drug-likeness (QED) is 0.304. The van der Waals surface area contributed by atoms with Crippen molar-refractivity contribution in [2.45, 2.75) is 37.4 Å². The Balaban J connectivity index is 1.39. The maximum absolute atomic E-state index is 13.9. The number of hydrogen-bond donors (Lipinski definition) is 0. The van der Waals surface area contributed by atoms with E-state index in [-0.39, 0.29) is 29.1 Å². The average Bonchev–Trinajstić information content (AvgIpc) is 3.50. The number of halogens is 1. The van der Waals surface area contributed by atoms with E-state index in [0.29, 0.717) is 28.9 Å². The number of aryl methyl sites for hydroxylation is 2. The summed E-state index contributed by atoms with van der Waals surface area (Å²) >= 11 is 8.52. The topological polar surface area (TPSA) is 83.5 Å². The number of nitrogens with zero attached hydrogens (tertiary/aromatic N) is 4. The monoisotopic (exact) mass is 560 g/mol. The highest BCUT2D eigenvalue weighted by atomic mass is 35.5. The van der Waals surface area contributed by atoms with Gasteiger partial charge in [-0.2, -0.15) is 4.31 Å². The summed E-state index contributed by atoms with van der Waals surface area (Å²) in [6.45, 7) is 5.05. The van der Waals surface area contributed by atoms with E-state index in [9.17, 15) is 13.2 Å². The number of fused-ring (bicyclic) bond motifs is 1. The second-order valence-electron chi connectivity index (χ2n) is 8.94. The summed E-state index contributed by atoms with van der Waals surface area (Å²) in [7, 11) is -3.61. The molecule has 5 rings (SSSR count). The molecule has 1 fully saturated rings. The molecule has 1 aliphatic rings. The van der Waals surface area contributed by atoms with E-state index in [1.54, 1.807) is 23.4 Å². The van der Waals surface area contributed by atoms with Crippen LogP contribution in [0.5, 0.6) is 0 Å². The Hall–Kier alpha value is -2.37. The smallest absolute Gasteiger partial charge is 0.252 e. The zero-order valence-electron chi connectivity index (χ0n) is 19.8. The lowest BCUT2D eigenvalue weighted by atomic mass is 9.96. The Morgan fingerprint density at radius 3 is 2.50 bits per heavy atom. The summed E-state index contributed by atoms with van der Waals surface area (Å²) < 4.78 is 29.2. The van der Waals surface area contributed by atoms with E-state index in [4.69, 9.17) is 16.6 Å². The van der Waals surface area contributed by atoms with Crippen LogP contribution in [0, 0.1) is 19.8 Å². The standard InChI is InChI=1S/C25H25ClN4O3S3/c1-16-13-17(2)23-20(14-16)28-25(35-23)30(15-18-5-9-27-10-6-18)24(31)19-7-11-29(12-8-19)36(32,33)22-4-3-21(26)34-22/h3-6,9-10,13-14,19H,7-8,11-12,15H2,1-2H3. The van der Waals surface area contributed by atoms with Gasteiger partial charge in [0.05, 0.1) is 21.1 Å². The predicted octanol–water partition coefficient (Wildman–Crippen LogP) is 5.66. The predicted molar refractivity (Wildman–Crippen MR) is 145 cm³/mol. The molecule has 188 valence electrons. The van der Waals surface area contributed by atoms with Crippen LogP contribution in [0.1, 0.15) is 29.5 Å². The maximum Gasteiger partial charge on any atom is 0.252 e. The van der Waals surface area contributed by atoms with Crippen LogP contribution in [0.4, 0.5) is 5.13 Å². The Labute approximate surface area is 223 Å². The van der Waals surface area contributed by atoms with Gasteiger partial charge in [-0.05, 0) is 73.7 Å². The fourth-order valence-corrected chi connectivity index (χ4v) is 8.65. The van der Waals surface area contributed by atoms with Crippen molar-refractivity contribution < 1.29 is 13.2 Å². The lowest BCUT2D eigenvalue weighted by molar-refractivity contribution is -0.123. The van der Waals surface area contributed by atoms with Crippen molar-refractivity contribution in [3.8, 4) is 0 Å². The van der Waals surface area contributed by atoms with Crippen LogP contribution in [-0.2, 0) is 21.4 Å². The molecule has 1 saturated heterocycles. The fourth-order valence-electron chi connectivity index (χ4n) is 4.52. The van der Waals surface area contributed by atoms with Gasteiger partial charge in [-0.15, -0.1) is 11.3 Å². The highest BCUT2D eigenvalue weighted by Gasteiger charge is 2.35. The van der Waals surface area contributed by atoms with Crippen molar-refractivity contribution in [2.75, 3.05) is 18.0 Å². The third kappa shape index (κ3) is 5.05. The molecule has 0 bridgehead atoms. The minimum atomic E-state index is -3.61. The minimum absolute atomic E-state index is 0.0311. The number of carbonyl (C=O) groups is 1. The summed E-state index contributed by atoms with van der Waals surface area (Å²) in [6.07, 6.45) is 4.33. The Morgan fingerprint density at radius 2 is 1.83 bits per heavy atom. The number of amides is 1. The van der Waals surface area contributed by atoms with Gasteiger partial charge in [-0.1, -0.05) is 29.0 Å². The van der Waals surface area contributed by atoms with Crippen LogP contribution in [0.2, 0.25) is 4.34 Å². The highest BCUT2D eigenvalue weighted by molar-refractivity contribution is 7.91. The number of thiophene rings is 1. The van der Waals surface area contributed by atoms with E-state index in [2.05, 4.69) is 18.0 Å². The van der Waals surface area contributed by atoms with Gasteiger partial charge in [-0.3, -0.25) is 14.7 Å². The van der Waals surface area contributed by atoms with Gasteiger partial charge in [0.1, 0.15) is 4.21 Å². The number of sulfonamides is 1. The van der Waals surface area contributed by atoms with Crippen molar-refractivity contribution in [1.29, 1.82) is 0 Å². The van der Waals surface area contributed by atoms with Gasteiger partial charge in [0.25, 0.3) is 10.0 Å². The van der Waals surface area contributed by atoms with E-state index < -0.39 is 10.0 Å². The first-order valence-electron chi connectivity index (χ1n) is 11.6. The molecule has 1 amide bonds. The van der Waals surface area contributed by atoms with Crippen LogP contribution in [0.15, 0.2) is 53.0 Å². The van der Waals surface area contributed by atoms with E-state index in [0.717, 1.165) is 38.2 Å². The Bertz CT molecular complexity index is 1510. The lowest BCUT2D eigenvalue weighted by Gasteiger charge is -2.32. The van der Waals surface area contributed by atoms with Crippen LogP contribution < -0.4 is 4.90 Å². The van der Waals surface area contributed by atoms with E-state index in [1.165, 1.54) is 21.7 Å². The molecule has 1 aliphatic heterocycles. The molecule has 36 heavy (non-hydrogen) atoms. The zero-order chi connectivity index (χ0) is 25.4. The molecule has 4 aromatic rings. The van der Waals surface area contributed by atoms with Gasteiger partial charge in [0.2, 0.25) is 5.91 Å². The summed E-state index contributed by atoms with van der Waals surface area (Å²) in [5, 5.41) is 0.656. The van der Waals surface area contributed by atoms with Gasteiger partial charge >= 0.3 is 0 Å². The number of piperidine rings is 1. The molecular formula is C25H25ClN4O3S3. The Kier molecular flexibility index (Phi) is 7.15. The van der Waals surface area contributed by atoms with Crippen LogP contribution in [0.3, 0.4) is 0 Å². The molecule has 7 nitrogen and oxygen atoms in total. The molecule has 4 heterocycles. The van der Waals surface area contributed by atoms with Crippen LogP contribution in [0.25, 0.3) is 10.2 Å². The number of anilines is 1. The summed E-state index contributed by atoms with van der Waals surface area (Å²) in [5.41, 5.74) is 4.11. The van der Waals surface area contributed by atoms with Gasteiger partial charge in [0, 0.05) is 31.4 Å². The number of aromatic nitrogens is 2. The average molecular weight is 561 g/mol. The van der Waals surface area contributed by atoms with Crippen molar-refractivity contribution in [3.63, 3.8) is 0 Å². The molecule has 3 aromatic heterocycles. The minimum Gasteiger partial charge on any atom is -0.283 e. The van der Waals surface area contributed by atoms with Crippen molar-refractivity contribution in [2.24, 2.45) is 5.92 Å². The molecule has 0 N–H and O–H groups in total. The second kappa shape index (κ2) is 10.2. The molecular weight excluding hydrogens is 536 g/mol. The number of hydrogen-bond acceptors (Lipinski definition) is 7. The summed E-state index contributed by atoms with van der Waals surface area (Å²) in [5.74, 6) is -0.323. The number of carbonyl (C=O) groups excluding carboxylic acids is 1. The normalized spacial score (nSPS) is 15.4. The molecule has 1 aromatic carbocycles. The molecule has 0 atom stereocenters. The third-order valence-corrected chi connectivity index (χ3v) is 11.2. The first-order chi connectivity index (χ1) is 17.2. The molecule has 0 unspecified atom stereocenters. The first kappa shape index (κ1) is 25.3. The van der Waals surface area contributed by atoms with E-state index >= 15 is 0 Å². The van der Waals surface area contributed by atoms with Crippen molar-refractivity contribution >= 4 is 65.6 Å². The number of thiazole rings is 1. The lowest BCUT2D eigenvalue weighted by Crippen LogP contribution is -2.44. The van der Waals surface area contributed by atoms with E-state index in [1.807, 2.05) is 25.1 Å². The molecule has 0 aliphatic carbocycles. The van der Waals surface area contributed by atoms with Gasteiger partial charge < -0.3 is 0 Å². The molecule has 0 saturated carbocycles. The fraction of sp³-hybridized carbons (Fsp3) is 0.320. The maximum atomic E-state index is 13.9. The van der Waals surface area contributed by atoms with Crippen LogP contribution >= 0.6 is 34.3 Å². The third-order valence-electron chi connectivity index (χ3n) is 6.34. The second-order valence-corrected chi connectivity index (χ2v) is 13.8. The largest absolute Gasteiger partial charge is 0.283 e. The SMILES string of the molecule is Cc1cc(C)c2sc(N(Cc3ccncc3)C(=O)C3CCN(S(=O)(=O)c4ccc(Cl)s4)CC3)nc2c1.